The zero-order valence-corrected chi connectivity index (χ0v) is 24.6. The molecule has 1 N–H and O–H groups in total. The molecule has 0 aliphatic heterocycles. The molecule has 226 valence electrons. The molecule has 42 heavy (non-hydrogen) atoms. The van der Waals surface area contributed by atoms with E-state index in [1.54, 1.807) is 31.0 Å². The molecule has 1 aliphatic rings. The van der Waals surface area contributed by atoms with Crippen LogP contribution in [0.1, 0.15) is 49.8 Å². The number of hydrogen-bond donors (Lipinski definition) is 1. The number of aliphatic carboxylic acids is 1. The number of carboxylic acids is 1. The van der Waals surface area contributed by atoms with Gasteiger partial charge in [-0.3, -0.25) is 9.59 Å². The van der Waals surface area contributed by atoms with Crippen molar-refractivity contribution in [3.63, 3.8) is 0 Å². The van der Waals surface area contributed by atoms with Crippen molar-refractivity contribution in [3.05, 3.63) is 47.5 Å². The molecule has 3 aromatic rings. The normalized spacial score (nSPS) is 19.0. The first-order valence-corrected chi connectivity index (χ1v) is 14.6. The Kier molecular flexibility index (Phi) is 9.75. The van der Waals surface area contributed by atoms with Crippen LogP contribution < -0.4 is 9.47 Å². The van der Waals surface area contributed by atoms with Crippen LogP contribution in [-0.2, 0) is 15.8 Å². The number of allylic oxidation sites excluding steroid dienone is 1. The van der Waals surface area contributed by atoms with Crippen LogP contribution in [0.25, 0.3) is 21.6 Å². The first-order chi connectivity index (χ1) is 19.9. The molecule has 0 unspecified atom stereocenters. The number of nitrogens with zero attached hydrogens (tertiary/aromatic N) is 3. The van der Waals surface area contributed by atoms with Gasteiger partial charge in [0.2, 0.25) is 5.91 Å². The zero-order valence-electron chi connectivity index (χ0n) is 23.7. The molecule has 4 rings (SSSR count). The van der Waals surface area contributed by atoms with Gasteiger partial charge in [0.05, 0.1) is 30.6 Å². The highest BCUT2D eigenvalue weighted by molar-refractivity contribution is 7.13. The molecule has 12 heteroatoms. The van der Waals surface area contributed by atoms with Gasteiger partial charge >= 0.3 is 12.1 Å². The highest BCUT2D eigenvalue weighted by atomic mass is 32.1. The molecule has 3 atom stereocenters. The Balaban J connectivity index is 1.61. The maximum absolute atomic E-state index is 13.3. The van der Waals surface area contributed by atoms with E-state index >= 15 is 0 Å². The lowest BCUT2D eigenvalue weighted by Crippen LogP contribution is -2.44. The second-order valence-corrected chi connectivity index (χ2v) is 11.3. The molecule has 0 radical (unpaired) electrons. The number of halogens is 3. The highest BCUT2D eigenvalue weighted by Gasteiger charge is 2.41. The topological polar surface area (TPSA) is 102 Å². The van der Waals surface area contributed by atoms with Crippen molar-refractivity contribution in [2.24, 2.45) is 11.8 Å². The van der Waals surface area contributed by atoms with Gasteiger partial charge in [-0.15, -0.1) is 17.9 Å². The number of benzene rings is 1. The fraction of sp³-hybridized carbons (Fsp3) is 0.467. The minimum Gasteiger partial charge on any atom is -0.496 e. The molecule has 1 amide bonds. The molecular weight excluding hydrogens is 571 g/mol. The average Bonchev–Trinajstić information content (AvgIpc) is 3.47. The number of ether oxygens (including phenoxy) is 2. The van der Waals surface area contributed by atoms with Crippen molar-refractivity contribution >= 4 is 34.1 Å². The largest absolute Gasteiger partial charge is 0.496 e. The Morgan fingerprint density at radius 2 is 1.95 bits per heavy atom. The van der Waals surface area contributed by atoms with E-state index in [1.165, 1.54) is 13.2 Å². The van der Waals surface area contributed by atoms with Gasteiger partial charge in [0.25, 0.3) is 0 Å². The SMILES string of the molecule is C=CCCCCN(C)C(=O)[C@@H]1CC[C@H](Oc2cc(-c3nc(C(F)(F)F)cs3)nc3c(C)c(OC)ccc23)C[C@H]1C(=O)O. The number of aromatic nitrogens is 2. The summed E-state index contributed by atoms with van der Waals surface area (Å²) in [5.74, 6) is -1.96. The molecule has 1 saturated carbocycles. The Morgan fingerprint density at radius 1 is 1.19 bits per heavy atom. The Morgan fingerprint density at radius 3 is 2.60 bits per heavy atom. The van der Waals surface area contributed by atoms with Crippen LogP contribution in [0.15, 0.2) is 36.2 Å². The number of unbranched alkanes of at least 4 members (excludes halogenated alkanes) is 2. The molecule has 1 aliphatic carbocycles. The van der Waals surface area contributed by atoms with E-state index in [0.29, 0.717) is 47.4 Å². The van der Waals surface area contributed by atoms with Crippen molar-refractivity contribution < 1.29 is 37.3 Å². The molecule has 2 aromatic heterocycles. The third-order valence-electron chi connectivity index (χ3n) is 7.64. The van der Waals surface area contributed by atoms with Crippen molar-refractivity contribution in [3.8, 4) is 22.2 Å². The van der Waals surface area contributed by atoms with Gasteiger partial charge in [-0.2, -0.15) is 13.2 Å². The van der Waals surface area contributed by atoms with Gasteiger partial charge in [0, 0.05) is 36.0 Å². The minimum atomic E-state index is -4.59. The van der Waals surface area contributed by atoms with Crippen LogP contribution in [0.3, 0.4) is 0 Å². The van der Waals surface area contributed by atoms with Crippen molar-refractivity contribution in [1.82, 2.24) is 14.9 Å². The zero-order chi connectivity index (χ0) is 30.6. The first-order valence-electron chi connectivity index (χ1n) is 13.7. The number of fused-ring (bicyclic) bond motifs is 1. The molecular formula is C30H34F3N3O5S. The summed E-state index contributed by atoms with van der Waals surface area (Å²) < 4.78 is 51.6. The summed E-state index contributed by atoms with van der Waals surface area (Å²) in [6, 6.07) is 5.04. The third kappa shape index (κ3) is 6.86. The summed E-state index contributed by atoms with van der Waals surface area (Å²) in [4.78, 5) is 35.4. The number of methoxy groups -OCH3 is 1. The van der Waals surface area contributed by atoms with E-state index in [0.717, 1.165) is 36.0 Å². The van der Waals surface area contributed by atoms with Crippen LogP contribution in [0.4, 0.5) is 13.2 Å². The smallest absolute Gasteiger partial charge is 0.434 e. The van der Waals surface area contributed by atoms with Gasteiger partial charge in [-0.25, -0.2) is 9.97 Å². The number of carbonyl (C=O) groups excluding carboxylic acids is 1. The van der Waals surface area contributed by atoms with E-state index in [1.807, 2.05) is 6.08 Å². The number of alkyl halides is 3. The Bertz CT molecular complexity index is 1460. The van der Waals surface area contributed by atoms with E-state index in [2.05, 4.69) is 16.5 Å². The Hall–Kier alpha value is -3.67. The predicted octanol–water partition coefficient (Wildman–Crippen LogP) is 6.76. The van der Waals surface area contributed by atoms with Gasteiger partial charge in [0.15, 0.2) is 5.69 Å². The van der Waals surface area contributed by atoms with Gasteiger partial charge in [-0.05, 0) is 57.6 Å². The molecule has 0 bridgehead atoms. The number of thiazole rings is 1. The highest BCUT2D eigenvalue weighted by Crippen LogP contribution is 2.40. The van der Waals surface area contributed by atoms with E-state index in [-0.39, 0.29) is 23.0 Å². The summed E-state index contributed by atoms with van der Waals surface area (Å²) in [6.45, 7) is 6.03. The summed E-state index contributed by atoms with van der Waals surface area (Å²) in [5.41, 5.74) is 0.337. The quantitative estimate of drug-likeness (QED) is 0.190. The van der Waals surface area contributed by atoms with Crippen LogP contribution in [0.2, 0.25) is 0 Å². The van der Waals surface area contributed by atoms with Crippen molar-refractivity contribution in [2.45, 2.75) is 57.7 Å². The molecule has 8 nitrogen and oxygen atoms in total. The lowest BCUT2D eigenvalue weighted by atomic mass is 9.77. The number of hydrogen-bond acceptors (Lipinski definition) is 7. The number of carbonyl (C=O) groups is 2. The number of carboxylic acid groups (broad SMARTS) is 1. The number of amides is 1. The minimum absolute atomic E-state index is 0.0742. The average molecular weight is 606 g/mol. The summed E-state index contributed by atoms with van der Waals surface area (Å²) >= 11 is 0.822. The van der Waals surface area contributed by atoms with Crippen LogP contribution in [-0.4, -0.2) is 58.7 Å². The molecule has 0 spiro atoms. The summed E-state index contributed by atoms with van der Waals surface area (Å²) in [6.07, 6.45) is 0.141. The monoisotopic (exact) mass is 605 g/mol. The van der Waals surface area contributed by atoms with Crippen LogP contribution >= 0.6 is 11.3 Å². The second-order valence-electron chi connectivity index (χ2n) is 10.5. The maximum atomic E-state index is 13.3. The summed E-state index contributed by atoms with van der Waals surface area (Å²) in [5, 5.41) is 11.7. The van der Waals surface area contributed by atoms with Crippen molar-refractivity contribution in [1.29, 1.82) is 0 Å². The third-order valence-corrected chi connectivity index (χ3v) is 8.50. The number of aryl methyl sites for hydroxylation is 1. The van der Waals surface area contributed by atoms with Gasteiger partial charge in [0.1, 0.15) is 22.2 Å². The van der Waals surface area contributed by atoms with Crippen molar-refractivity contribution in [2.75, 3.05) is 20.7 Å². The summed E-state index contributed by atoms with van der Waals surface area (Å²) in [7, 11) is 3.21. The predicted molar refractivity (Wildman–Crippen MR) is 154 cm³/mol. The molecule has 2 heterocycles. The lowest BCUT2D eigenvalue weighted by molar-refractivity contribution is -0.153. The maximum Gasteiger partial charge on any atom is 0.434 e. The lowest BCUT2D eigenvalue weighted by Gasteiger charge is -2.35. The van der Waals surface area contributed by atoms with Gasteiger partial charge < -0.3 is 19.5 Å². The fourth-order valence-corrected chi connectivity index (χ4v) is 6.13. The number of rotatable bonds is 11. The number of pyridine rings is 1. The molecule has 1 fully saturated rings. The second kappa shape index (κ2) is 13.1. The Labute approximate surface area is 246 Å². The van der Waals surface area contributed by atoms with E-state index in [4.69, 9.17) is 9.47 Å². The van der Waals surface area contributed by atoms with E-state index < -0.39 is 35.8 Å². The van der Waals surface area contributed by atoms with E-state index in [9.17, 15) is 27.9 Å². The van der Waals surface area contributed by atoms with Gasteiger partial charge in [-0.1, -0.05) is 6.08 Å². The standard InChI is InChI=1S/C30H34F3N3O5S/c1-5-6-7-8-13-36(3)28(37)19-10-9-18(14-21(19)29(38)39)41-24-15-22(27-35-25(16-42-27)30(31,32)33)34-26-17(2)23(40-4)12-11-20(24)26/h5,11-12,15-16,18-19,21H,1,6-10,13-14H2,2-4H3,(H,38,39)/t18-,19+,21+/m0/s1. The fourth-order valence-electron chi connectivity index (χ4n) is 5.35. The first kappa shape index (κ1) is 31.3. The van der Waals surface area contributed by atoms with Crippen LogP contribution in [0.5, 0.6) is 11.5 Å². The molecule has 0 saturated heterocycles. The molecule has 1 aromatic carbocycles. The van der Waals surface area contributed by atoms with Crippen LogP contribution in [0, 0.1) is 18.8 Å².